The Morgan fingerprint density at radius 3 is 2.25 bits per heavy atom. The van der Waals surface area contributed by atoms with Gasteiger partial charge in [-0.25, -0.2) is 0 Å². The molecular weight excluding hydrogens is 195 g/mol. The molecule has 1 rings (SSSR count). The summed E-state index contributed by atoms with van der Waals surface area (Å²) in [5, 5.41) is 0. The molecule has 0 radical (unpaired) electrons. The minimum absolute atomic E-state index is 0. The molecule has 0 bridgehead atoms. The van der Waals surface area contributed by atoms with E-state index < -0.39 is 0 Å². The molecule has 0 saturated carbocycles. The fraction of sp³-hybridized carbons (Fsp3) is 0.375. The van der Waals surface area contributed by atoms with Gasteiger partial charge in [0.15, 0.2) is 0 Å². The number of rotatable bonds is 2. The van der Waals surface area contributed by atoms with Crippen molar-refractivity contribution < 1.29 is 0 Å². The van der Waals surface area contributed by atoms with Crippen LogP contribution in [0.15, 0.2) is 24.5 Å². The van der Waals surface area contributed by atoms with Crippen LogP contribution < -0.4 is 5.73 Å². The fourth-order valence-corrected chi connectivity index (χ4v) is 0.828. The van der Waals surface area contributed by atoms with E-state index >= 15 is 0 Å². The molecule has 70 valence electrons. The lowest BCUT2D eigenvalue weighted by Crippen LogP contribution is -2.08. The molecule has 2 nitrogen and oxygen atoms in total. The van der Waals surface area contributed by atoms with Crippen LogP contribution in [0.4, 0.5) is 0 Å². The van der Waals surface area contributed by atoms with Gasteiger partial charge in [-0.2, -0.15) is 0 Å². The van der Waals surface area contributed by atoms with Crippen LogP contribution >= 0.6 is 24.8 Å². The highest BCUT2D eigenvalue weighted by atomic mass is 35.5. The minimum Gasteiger partial charge on any atom is -0.330 e. The average molecular weight is 209 g/mol. The van der Waals surface area contributed by atoms with Crippen molar-refractivity contribution in [2.45, 2.75) is 12.8 Å². The standard InChI is InChI=1S/C8H12N2.2ClH/c1-7(6-9)8-2-4-10-5-3-8;;/h2-5,7H,6,9H2,1H3;2*1H. The molecule has 0 aliphatic carbocycles. The molecule has 0 aliphatic rings. The molecule has 1 aromatic heterocycles. The topological polar surface area (TPSA) is 38.9 Å². The smallest absolute Gasteiger partial charge is 0.0270 e. The van der Waals surface area contributed by atoms with E-state index in [0.29, 0.717) is 12.5 Å². The quantitative estimate of drug-likeness (QED) is 0.808. The second-order valence-electron chi connectivity index (χ2n) is 2.42. The van der Waals surface area contributed by atoms with Gasteiger partial charge in [0.25, 0.3) is 0 Å². The second kappa shape index (κ2) is 7.35. The van der Waals surface area contributed by atoms with Crippen LogP contribution in [-0.2, 0) is 0 Å². The first-order chi connectivity index (χ1) is 4.84. The van der Waals surface area contributed by atoms with Gasteiger partial charge in [-0.15, -0.1) is 24.8 Å². The first kappa shape index (κ1) is 14.2. The number of nitrogens with zero attached hydrogens (tertiary/aromatic N) is 1. The van der Waals surface area contributed by atoms with Crippen molar-refractivity contribution >= 4 is 24.8 Å². The summed E-state index contributed by atoms with van der Waals surface area (Å²) in [6, 6.07) is 4.00. The maximum absolute atomic E-state index is 5.48. The number of aromatic nitrogens is 1. The largest absolute Gasteiger partial charge is 0.330 e. The lowest BCUT2D eigenvalue weighted by atomic mass is 10.0. The summed E-state index contributed by atoms with van der Waals surface area (Å²) in [5.41, 5.74) is 6.75. The zero-order valence-electron chi connectivity index (χ0n) is 6.93. The van der Waals surface area contributed by atoms with Crippen LogP contribution in [0.1, 0.15) is 18.4 Å². The molecule has 0 spiro atoms. The molecule has 1 atom stereocenters. The van der Waals surface area contributed by atoms with E-state index in [-0.39, 0.29) is 24.8 Å². The summed E-state index contributed by atoms with van der Waals surface area (Å²) in [6.07, 6.45) is 3.59. The van der Waals surface area contributed by atoms with Crippen LogP contribution in [0.25, 0.3) is 0 Å². The number of pyridine rings is 1. The average Bonchev–Trinajstić information content (AvgIpc) is 2.05. The third-order valence-electron chi connectivity index (χ3n) is 1.63. The lowest BCUT2D eigenvalue weighted by Gasteiger charge is -2.06. The van der Waals surface area contributed by atoms with Crippen LogP contribution in [0.5, 0.6) is 0 Å². The zero-order valence-corrected chi connectivity index (χ0v) is 8.57. The molecule has 1 aromatic rings. The van der Waals surface area contributed by atoms with Gasteiger partial charge in [0.1, 0.15) is 0 Å². The third-order valence-corrected chi connectivity index (χ3v) is 1.63. The summed E-state index contributed by atoms with van der Waals surface area (Å²) < 4.78 is 0. The highest BCUT2D eigenvalue weighted by Crippen LogP contribution is 2.10. The predicted octanol–water partition coefficient (Wildman–Crippen LogP) is 1.99. The first-order valence-electron chi connectivity index (χ1n) is 3.44. The first-order valence-corrected chi connectivity index (χ1v) is 3.44. The molecule has 12 heavy (non-hydrogen) atoms. The Balaban J connectivity index is 0. The molecule has 0 fully saturated rings. The van der Waals surface area contributed by atoms with Crippen molar-refractivity contribution in [3.63, 3.8) is 0 Å². The highest BCUT2D eigenvalue weighted by molar-refractivity contribution is 5.85. The summed E-state index contributed by atoms with van der Waals surface area (Å²) in [6.45, 7) is 2.80. The molecule has 1 unspecified atom stereocenters. The van der Waals surface area contributed by atoms with Gasteiger partial charge in [-0.05, 0) is 30.2 Å². The molecule has 0 amide bonds. The van der Waals surface area contributed by atoms with Crippen molar-refractivity contribution in [1.29, 1.82) is 0 Å². The maximum atomic E-state index is 5.48. The zero-order chi connectivity index (χ0) is 7.40. The normalized spacial score (nSPS) is 10.8. The molecule has 1 heterocycles. The number of hydrogen-bond donors (Lipinski definition) is 1. The monoisotopic (exact) mass is 208 g/mol. The van der Waals surface area contributed by atoms with Gasteiger partial charge < -0.3 is 5.73 Å². The van der Waals surface area contributed by atoms with Crippen LogP contribution in [0.2, 0.25) is 0 Å². The van der Waals surface area contributed by atoms with Gasteiger partial charge in [-0.3, -0.25) is 4.98 Å². The number of halogens is 2. The summed E-state index contributed by atoms with van der Waals surface area (Å²) in [4.78, 5) is 3.92. The van der Waals surface area contributed by atoms with Crippen molar-refractivity contribution in [3.8, 4) is 0 Å². The predicted molar refractivity (Wildman–Crippen MR) is 56.2 cm³/mol. The van der Waals surface area contributed by atoms with E-state index in [0.717, 1.165) is 0 Å². The van der Waals surface area contributed by atoms with E-state index in [2.05, 4.69) is 11.9 Å². The van der Waals surface area contributed by atoms with Crippen molar-refractivity contribution in [3.05, 3.63) is 30.1 Å². The second-order valence-corrected chi connectivity index (χ2v) is 2.42. The molecule has 2 N–H and O–H groups in total. The van der Waals surface area contributed by atoms with Crippen LogP contribution in [-0.4, -0.2) is 11.5 Å². The van der Waals surface area contributed by atoms with Crippen LogP contribution in [0.3, 0.4) is 0 Å². The van der Waals surface area contributed by atoms with E-state index in [4.69, 9.17) is 5.73 Å². The Labute approximate surface area is 85.4 Å². The lowest BCUT2D eigenvalue weighted by molar-refractivity contribution is 0.772. The highest BCUT2D eigenvalue weighted by Gasteiger charge is 1.99. The Hall–Kier alpha value is -0.310. The van der Waals surface area contributed by atoms with Gasteiger partial charge in [-0.1, -0.05) is 6.92 Å². The molecule has 0 aliphatic heterocycles. The minimum atomic E-state index is 0. The van der Waals surface area contributed by atoms with E-state index in [1.165, 1.54) is 5.56 Å². The van der Waals surface area contributed by atoms with Crippen molar-refractivity contribution in [2.75, 3.05) is 6.54 Å². The van der Waals surface area contributed by atoms with Gasteiger partial charge in [0.2, 0.25) is 0 Å². The molecule has 0 saturated heterocycles. The summed E-state index contributed by atoms with van der Waals surface area (Å²) in [7, 11) is 0. The van der Waals surface area contributed by atoms with E-state index in [1.807, 2.05) is 12.1 Å². The SMILES string of the molecule is CC(CN)c1ccncc1.Cl.Cl. The molecular formula is C8H14Cl2N2. The third kappa shape index (κ3) is 3.90. The Morgan fingerprint density at radius 2 is 1.83 bits per heavy atom. The fourth-order valence-electron chi connectivity index (χ4n) is 0.828. The number of nitrogens with two attached hydrogens (primary N) is 1. The summed E-state index contributed by atoms with van der Waals surface area (Å²) >= 11 is 0. The molecule has 0 aromatic carbocycles. The van der Waals surface area contributed by atoms with Gasteiger partial charge in [0, 0.05) is 12.4 Å². The Kier molecular flexibility index (Phi) is 8.71. The maximum Gasteiger partial charge on any atom is 0.0270 e. The van der Waals surface area contributed by atoms with E-state index in [1.54, 1.807) is 12.4 Å². The van der Waals surface area contributed by atoms with E-state index in [9.17, 15) is 0 Å². The Bertz CT molecular complexity index is 192. The molecule has 4 heteroatoms. The van der Waals surface area contributed by atoms with Crippen LogP contribution in [0, 0.1) is 0 Å². The Morgan fingerprint density at radius 1 is 1.33 bits per heavy atom. The van der Waals surface area contributed by atoms with Crippen molar-refractivity contribution in [2.24, 2.45) is 5.73 Å². The van der Waals surface area contributed by atoms with Gasteiger partial charge >= 0.3 is 0 Å². The number of hydrogen-bond acceptors (Lipinski definition) is 2. The summed E-state index contributed by atoms with van der Waals surface area (Å²) in [5.74, 6) is 0.447. The van der Waals surface area contributed by atoms with Crippen molar-refractivity contribution in [1.82, 2.24) is 4.98 Å². The van der Waals surface area contributed by atoms with Gasteiger partial charge in [0.05, 0.1) is 0 Å².